The van der Waals surface area contributed by atoms with Crippen LogP contribution in [0.2, 0.25) is 0 Å². The first-order valence-electron chi connectivity index (χ1n) is 6.91. The standard InChI is InChI=1S/C14H20N2O4S/c1-8(17)12-11(15)10(14(18)19-2)13(21-12)16-7-9-5-3-4-6-20-9/h9,16H,3-7,15H2,1-2H3. The number of ketones is 1. The predicted octanol–water partition coefficient (Wildman–Crippen LogP) is 2.30. The van der Waals surface area contributed by atoms with Gasteiger partial charge in [-0.3, -0.25) is 4.79 Å². The van der Waals surface area contributed by atoms with Crippen LogP contribution in [0, 0.1) is 0 Å². The van der Waals surface area contributed by atoms with Crippen molar-refractivity contribution in [2.24, 2.45) is 0 Å². The Bertz CT molecular complexity index is 535. The van der Waals surface area contributed by atoms with Gasteiger partial charge in [-0.05, 0) is 19.3 Å². The number of esters is 1. The molecule has 0 aromatic carbocycles. The largest absolute Gasteiger partial charge is 0.465 e. The summed E-state index contributed by atoms with van der Waals surface area (Å²) in [6, 6.07) is 0. The van der Waals surface area contributed by atoms with Crippen LogP contribution in [-0.4, -0.2) is 38.1 Å². The number of rotatable bonds is 5. The van der Waals surface area contributed by atoms with E-state index in [1.165, 1.54) is 25.4 Å². The van der Waals surface area contributed by atoms with Gasteiger partial charge in [0.15, 0.2) is 5.78 Å². The molecular formula is C14H20N2O4S. The molecule has 1 aromatic heterocycles. The molecule has 7 heteroatoms. The number of anilines is 2. The minimum absolute atomic E-state index is 0.119. The Hall–Kier alpha value is -1.60. The maximum absolute atomic E-state index is 11.9. The molecule has 0 aliphatic carbocycles. The van der Waals surface area contributed by atoms with Crippen LogP contribution in [0.1, 0.15) is 46.2 Å². The Morgan fingerprint density at radius 3 is 2.81 bits per heavy atom. The quantitative estimate of drug-likeness (QED) is 0.640. The highest BCUT2D eigenvalue weighted by Crippen LogP contribution is 2.36. The number of nitrogen functional groups attached to an aromatic ring is 1. The second-order valence-electron chi connectivity index (χ2n) is 4.97. The lowest BCUT2D eigenvalue weighted by Crippen LogP contribution is -2.27. The summed E-state index contributed by atoms with van der Waals surface area (Å²) in [6.45, 7) is 2.78. The molecule has 1 unspecified atom stereocenters. The average molecular weight is 312 g/mol. The molecule has 1 fully saturated rings. The number of hydrogen-bond acceptors (Lipinski definition) is 7. The normalized spacial score (nSPS) is 18.3. The topological polar surface area (TPSA) is 90.6 Å². The average Bonchev–Trinajstić information content (AvgIpc) is 2.82. The van der Waals surface area contributed by atoms with Gasteiger partial charge < -0.3 is 20.5 Å². The van der Waals surface area contributed by atoms with Crippen molar-refractivity contribution in [3.8, 4) is 0 Å². The van der Waals surface area contributed by atoms with Crippen molar-refractivity contribution in [2.45, 2.75) is 32.3 Å². The third kappa shape index (κ3) is 3.54. The Kier molecular flexibility index (Phi) is 5.19. The summed E-state index contributed by atoms with van der Waals surface area (Å²) >= 11 is 1.18. The first-order chi connectivity index (χ1) is 10.0. The third-order valence-electron chi connectivity index (χ3n) is 3.42. The van der Waals surface area contributed by atoms with Crippen molar-refractivity contribution >= 4 is 33.8 Å². The van der Waals surface area contributed by atoms with Crippen LogP contribution in [0.25, 0.3) is 0 Å². The molecule has 1 aliphatic heterocycles. The van der Waals surface area contributed by atoms with Gasteiger partial charge in [0, 0.05) is 20.1 Å². The van der Waals surface area contributed by atoms with Crippen LogP contribution in [0.3, 0.4) is 0 Å². The van der Waals surface area contributed by atoms with Gasteiger partial charge in [-0.2, -0.15) is 0 Å². The Balaban J connectivity index is 2.18. The molecular weight excluding hydrogens is 292 g/mol. The SMILES string of the molecule is COC(=O)c1c(NCC2CCCCO2)sc(C(C)=O)c1N. The molecule has 2 rings (SSSR count). The van der Waals surface area contributed by atoms with Gasteiger partial charge in [0.1, 0.15) is 10.6 Å². The van der Waals surface area contributed by atoms with Gasteiger partial charge in [-0.25, -0.2) is 4.79 Å². The van der Waals surface area contributed by atoms with E-state index >= 15 is 0 Å². The van der Waals surface area contributed by atoms with E-state index in [2.05, 4.69) is 5.32 Å². The molecule has 2 heterocycles. The zero-order chi connectivity index (χ0) is 15.4. The highest BCUT2D eigenvalue weighted by molar-refractivity contribution is 7.19. The summed E-state index contributed by atoms with van der Waals surface area (Å²) in [4.78, 5) is 23.8. The highest BCUT2D eigenvalue weighted by Gasteiger charge is 2.25. The first-order valence-corrected chi connectivity index (χ1v) is 7.73. The number of methoxy groups -OCH3 is 1. The zero-order valence-electron chi connectivity index (χ0n) is 12.2. The molecule has 0 spiro atoms. The molecule has 0 radical (unpaired) electrons. The number of thiophene rings is 1. The van der Waals surface area contributed by atoms with Gasteiger partial charge in [0.25, 0.3) is 0 Å². The van der Waals surface area contributed by atoms with E-state index in [-0.39, 0.29) is 23.1 Å². The summed E-state index contributed by atoms with van der Waals surface area (Å²) in [5, 5.41) is 3.74. The smallest absolute Gasteiger partial charge is 0.343 e. The van der Waals surface area contributed by atoms with E-state index in [0.717, 1.165) is 25.9 Å². The molecule has 1 aliphatic rings. The lowest BCUT2D eigenvalue weighted by atomic mass is 10.1. The molecule has 1 aromatic rings. The first kappa shape index (κ1) is 15.8. The number of nitrogens with two attached hydrogens (primary N) is 1. The van der Waals surface area contributed by atoms with Crippen molar-refractivity contribution in [1.82, 2.24) is 0 Å². The summed E-state index contributed by atoms with van der Waals surface area (Å²) in [6.07, 6.45) is 3.33. The fourth-order valence-corrected chi connectivity index (χ4v) is 3.32. The number of hydrogen-bond donors (Lipinski definition) is 2. The minimum Gasteiger partial charge on any atom is -0.465 e. The summed E-state index contributed by atoms with van der Waals surface area (Å²) < 4.78 is 10.4. The van der Waals surface area contributed by atoms with E-state index in [0.29, 0.717) is 16.4 Å². The monoisotopic (exact) mass is 312 g/mol. The van der Waals surface area contributed by atoms with Gasteiger partial charge in [0.2, 0.25) is 0 Å². The molecule has 3 N–H and O–H groups in total. The predicted molar refractivity (Wildman–Crippen MR) is 82.2 cm³/mol. The van der Waals surface area contributed by atoms with Crippen molar-refractivity contribution in [3.63, 3.8) is 0 Å². The van der Waals surface area contributed by atoms with Crippen molar-refractivity contribution in [1.29, 1.82) is 0 Å². The van der Waals surface area contributed by atoms with E-state index in [4.69, 9.17) is 15.2 Å². The fourth-order valence-electron chi connectivity index (χ4n) is 2.31. The van der Waals surface area contributed by atoms with Gasteiger partial charge in [0.05, 0.1) is 23.8 Å². The molecule has 1 atom stereocenters. The molecule has 116 valence electrons. The van der Waals surface area contributed by atoms with Gasteiger partial charge in [-0.15, -0.1) is 11.3 Å². The summed E-state index contributed by atoms with van der Waals surface area (Å²) in [5.41, 5.74) is 6.33. The van der Waals surface area contributed by atoms with E-state index in [9.17, 15) is 9.59 Å². The number of Topliss-reactive ketones (excluding diaryl/α,β-unsaturated/α-hetero) is 1. The number of nitrogens with one attached hydrogen (secondary N) is 1. The zero-order valence-corrected chi connectivity index (χ0v) is 13.0. The van der Waals surface area contributed by atoms with Crippen LogP contribution < -0.4 is 11.1 Å². The van der Waals surface area contributed by atoms with Crippen LogP contribution in [0.15, 0.2) is 0 Å². The van der Waals surface area contributed by atoms with Crippen molar-refractivity contribution in [2.75, 3.05) is 31.3 Å². The second-order valence-corrected chi connectivity index (χ2v) is 5.99. The third-order valence-corrected chi connectivity index (χ3v) is 4.68. The number of carbonyl (C=O) groups excluding carboxylic acids is 2. The van der Waals surface area contributed by atoms with Crippen molar-refractivity contribution < 1.29 is 19.1 Å². The summed E-state index contributed by atoms with van der Waals surface area (Å²) in [7, 11) is 1.29. The van der Waals surface area contributed by atoms with E-state index < -0.39 is 5.97 Å². The Morgan fingerprint density at radius 1 is 1.48 bits per heavy atom. The molecule has 1 saturated heterocycles. The van der Waals surface area contributed by atoms with Crippen LogP contribution in [-0.2, 0) is 9.47 Å². The van der Waals surface area contributed by atoms with E-state index in [1.807, 2.05) is 0 Å². The van der Waals surface area contributed by atoms with Crippen LogP contribution in [0.5, 0.6) is 0 Å². The van der Waals surface area contributed by atoms with E-state index in [1.54, 1.807) is 0 Å². The van der Waals surface area contributed by atoms with Gasteiger partial charge >= 0.3 is 5.97 Å². The molecule has 0 amide bonds. The van der Waals surface area contributed by atoms with Crippen LogP contribution in [0.4, 0.5) is 10.7 Å². The number of carbonyl (C=O) groups is 2. The molecule has 0 saturated carbocycles. The maximum Gasteiger partial charge on any atom is 0.343 e. The minimum atomic E-state index is -0.539. The highest BCUT2D eigenvalue weighted by atomic mass is 32.1. The summed E-state index contributed by atoms with van der Waals surface area (Å²) in [5.74, 6) is -0.701. The van der Waals surface area contributed by atoms with Crippen LogP contribution >= 0.6 is 11.3 Å². The lowest BCUT2D eigenvalue weighted by molar-refractivity contribution is 0.0247. The Labute approximate surface area is 127 Å². The van der Waals surface area contributed by atoms with Crippen molar-refractivity contribution in [3.05, 3.63) is 10.4 Å². The Morgan fingerprint density at radius 2 is 2.24 bits per heavy atom. The fraction of sp³-hybridized carbons (Fsp3) is 0.571. The number of ether oxygens (including phenoxy) is 2. The molecule has 0 bridgehead atoms. The molecule has 21 heavy (non-hydrogen) atoms. The van der Waals surface area contributed by atoms with Gasteiger partial charge in [-0.1, -0.05) is 0 Å². The second kappa shape index (κ2) is 6.91. The molecule has 6 nitrogen and oxygen atoms in total. The lowest BCUT2D eigenvalue weighted by Gasteiger charge is -2.23. The maximum atomic E-state index is 11.9.